The Kier molecular flexibility index (Phi) is 8.04. The van der Waals surface area contributed by atoms with E-state index in [0.29, 0.717) is 5.82 Å². The summed E-state index contributed by atoms with van der Waals surface area (Å²) in [6, 6.07) is 70.8. The van der Waals surface area contributed by atoms with Crippen LogP contribution in [0.3, 0.4) is 0 Å². The van der Waals surface area contributed by atoms with Crippen molar-refractivity contribution >= 4 is 43.5 Å². The molecule has 0 radical (unpaired) electrons. The fraction of sp³-hybridized carbons (Fsp3) is 0.0182. The van der Waals surface area contributed by atoms with Crippen molar-refractivity contribution in [3.63, 3.8) is 0 Å². The van der Waals surface area contributed by atoms with Crippen LogP contribution in [0.25, 0.3) is 111 Å². The van der Waals surface area contributed by atoms with E-state index in [1.807, 2.05) is 24.3 Å². The Morgan fingerprint density at radius 1 is 0.345 bits per heavy atom. The number of fused-ring (bicyclic) bond motifs is 5. The van der Waals surface area contributed by atoms with E-state index in [4.69, 9.17) is 14.4 Å². The first-order chi connectivity index (χ1) is 28.7. The summed E-state index contributed by atoms with van der Waals surface area (Å²) < 4.78 is 6.93. The second kappa shape index (κ2) is 13.8. The maximum atomic E-state index is 6.93. The Balaban J connectivity index is 1.19. The van der Waals surface area contributed by atoms with Crippen LogP contribution in [-0.4, -0.2) is 9.97 Å². The minimum Gasteiger partial charge on any atom is -0.455 e. The summed E-state index contributed by atoms with van der Waals surface area (Å²) in [5.41, 5.74) is 14.4. The molecule has 0 atom stereocenters. The van der Waals surface area contributed by atoms with E-state index in [9.17, 15) is 0 Å². The van der Waals surface area contributed by atoms with Crippen molar-refractivity contribution in [1.29, 1.82) is 0 Å². The predicted octanol–water partition coefficient (Wildman–Crippen LogP) is 15.0. The number of benzene rings is 9. The van der Waals surface area contributed by atoms with E-state index in [1.54, 1.807) is 0 Å². The third-order valence-corrected chi connectivity index (χ3v) is 11.5. The number of furan rings is 1. The highest BCUT2D eigenvalue weighted by molar-refractivity contribution is 6.17. The van der Waals surface area contributed by atoms with Gasteiger partial charge in [0.05, 0.1) is 11.4 Å². The monoisotopic (exact) mass is 740 g/mol. The van der Waals surface area contributed by atoms with Gasteiger partial charge in [0, 0.05) is 38.6 Å². The average Bonchev–Trinajstić information content (AvgIpc) is 3.66. The van der Waals surface area contributed by atoms with Gasteiger partial charge in [0.2, 0.25) is 0 Å². The average molecular weight is 741 g/mol. The van der Waals surface area contributed by atoms with Crippen molar-refractivity contribution in [2.24, 2.45) is 0 Å². The zero-order valence-corrected chi connectivity index (χ0v) is 31.9. The lowest BCUT2D eigenvalue weighted by Crippen LogP contribution is -2.00. The summed E-state index contributed by atoms with van der Waals surface area (Å²) in [4.78, 5) is 10.7. The van der Waals surface area contributed by atoms with Gasteiger partial charge in [-0.2, -0.15) is 0 Å². The van der Waals surface area contributed by atoms with Crippen LogP contribution in [0, 0.1) is 6.92 Å². The molecule has 0 saturated heterocycles. The molecule has 0 bridgehead atoms. The topological polar surface area (TPSA) is 38.9 Å². The van der Waals surface area contributed by atoms with Gasteiger partial charge in [-0.15, -0.1) is 0 Å². The lowest BCUT2D eigenvalue weighted by Gasteiger charge is -2.16. The molecule has 3 nitrogen and oxygen atoms in total. The molecule has 0 amide bonds. The van der Waals surface area contributed by atoms with Gasteiger partial charge in [0.1, 0.15) is 11.2 Å². The molecule has 11 aromatic rings. The van der Waals surface area contributed by atoms with Gasteiger partial charge in [-0.25, -0.2) is 9.97 Å². The quantitative estimate of drug-likeness (QED) is 0.170. The number of aromatic nitrogens is 2. The summed E-state index contributed by atoms with van der Waals surface area (Å²) in [5.74, 6) is 0.686. The van der Waals surface area contributed by atoms with Crippen LogP contribution in [-0.2, 0) is 0 Å². The predicted molar refractivity (Wildman–Crippen MR) is 242 cm³/mol. The van der Waals surface area contributed by atoms with Crippen LogP contribution in [0.5, 0.6) is 0 Å². The number of rotatable bonds is 6. The second-order valence-corrected chi connectivity index (χ2v) is 14.9. The maximum Gasteiger partial charge on any atom is 0.160 e. The largest absolute Gasteiger partial charge is 0.455 e. The molecule has 272 valence electrons. The lowest BCUT2D eigenvalue weighted by molar-refractivity contribution is 0.670. The van der Waals surface area contributed by atoms with Crippen LogP contribution in [0.1, 0.15) is 5.56 Å². The van der Waals surface area contributed by atoms with Crippen LogP contribution < -0.4 is 0 Å². The minimum atomic E-state index is 0.686. The molecule has 0 aliphatic carbocycles. The molecule has 0 saturated carbocycles. The second-order valence-electron chi connectivity index (χ2n) is 14.9. The molecule has 11 rings (SSSR count). The van der Waals surface area contributed by atoms with Crippen molar-refractivity contribution in [1.82, 2.24) is 9.97 Å². The molecule has 0 spiro atoms. The summed E-state index contributed by atoms with van der Waals surface area (Å²) in [7, 11) is 0. The summed E-state index contributed by atoms with van der Waals surface area (Å²) in [5, 5.41) is 6.81. The first-order valence-electron chi connectivity index (χ1n) is 19.7. The van der Waals surface area contributed by atoms with Gasteiger partial charge in [-0.05, 0) is 80.6 Å². The first-order valence-corrected chi connectivity index (χ1v) is 19.7. The van der Waals surface area contributed by atoms with E-state index < -0.39 is 0 Å². The highest BCUT2D eigenvalue weighted by Gasteiger charge is 2.22. The fourth-order valence-corrected chi connectivity index (χ4v) is 8.55. The van der Waals surface area contributed by atoms with E-state index in [2.05, 4.69) is 183 Å². The Labute approximate surface area is 336 Å². The van der Waals surface area contributed by atoms with Gasteiger partial charge >= 0.3 is 0 Å². The van der Waals surface area contributed by atoms with E-state index >= 15 is 0 Å². The van der Waals surface area contributed by atoms with Crippen molar-refractivity contribution in [3.05, 3.63) is 206 Å². The molecule has 0 unspecified atom stereocenters. The number of hydrogen-bond acceptors (Lipinski definition) is 3. The molecular formula is C55H36N2O. The summed E-state index contributed by atoms with van der Waals surface area (Å²) >= 11 is 0. The molecule has 0 aliphatic heterocycles. The van der Waals surface area contributed by atoms with Gasteiger partial charge in [-0.3, -0.25) is 0 Å². The van der Waals surface area contributed by atoms with Crippen molar-refractivity contribution in [2.75, 3.05) is 0 Å². The normalized spacial score (nSPS) is 11.5. The standard InChI is InChI=1S/C55H36N2O/c1-35-52(39-27-25-37(26-28-39)36-15-5-2-6-16-36)56-55(40-19-9-4-10-20-40)57-53(35)43-32-49(54-50(33-43)48-31-41-21-11-12-22-42(41)34-51(48)58-54)47-30-29-44(38-17-7-3-8-18-38)45-23-13-14-24-46(45)47/h2-34H,1H3. The molecule has 58 heavy (non-hydrogen) atoms. The third-order valence-electron chi connectivity index (χ3n) is 11.5. The lowest BCUT2D eigenvalue weighted by atomic mass is 9.89. The SMILES string of the molecule is Cc1c(-c2ccc(-c3ccccc3)cc2)nc(-c2ccccc2)nc1-c1cc(-c2ccc(-c3ccccc3)c3ccccc23)c2oc3cc4ccccc4cc3c2c1. The molecule has 2 aromatic heterocycles. The number of nitrogens with zero attached hydrogens (tertiary/aromatic N) is 2. The molecular weight excluding hydrogens is 705 g/mol. The van der Waals surface area contributed by atoms with Crippen LogP contribution in [0.4, 0.5) is 0 Å². The summed E-state index contributed by atoms with van der Waals surface area (Å²) in [6.07, 6.45) is 0. The Morgan fingerprint density at radius 2 is 0.862 bits per heavy atom. The van der Waals surface area contributed by atoms with Gasteiger partial charge in [0.15, 0.2) is 5.82 Å². The van der Waals surface area contributed by atoms with Gasteiger partial charge in [0.25, 0.3) is 0 Å². The highest BCUT2D eigenvalue weighted by Crippen LogP contribution is 2.45. The van der Waals surface area contributed by atoms with Gasteiger partial charge < -0.3 is 4.42 Å². The minimum absolute atomic E-state index is 0.686. The van der Waals surface area contributed by atoms with Crippen LogP contribution in [0.2, 0.25) is 0 Å². The van der Waals surface area contributed by atoms with Crippen molar-refractivity contribution in [3.8, 4) is 67.3 Å². The first kappa shape index (κ1) is 33.7. The molecule has 2 heterocycles. The zero-order chi connectivity index (χ0) is 38.6. The summed E-state index contributed by atoms with van der Waals surface area (Å²) in [6.45, 7) is 2.15. The smallest absolute Gasteiger partial charge is 0.160 e. The Morgan fingerprint density at radius 3 is 1.55 bits per heavy atom. The highest BCUT2D eigenvalue weighted by atomic mass is 16.3. The Hall–Kier alpha value is -7.62. The van der Waals surface area contributed by atoms with E-state index in [1.165, 1.54) is 33.0 Å². The van der Waals surface area contributed by atoms with Gasteiger partial charge in [-0.1, -0.05) is 176 Å². The van der Waals surface area contributed by atoms with E-state index in [-0.39, 0.29) is 0 Å². The maximum absolute atomic E-state index is 6.93. The molecule has 3 heteroatoms. The Bertz CT molecular complexity index is 3310. The van der Waals surface area contributed by atoms with Crippen molar-refractivity contribution < 1.29 is 4.42 Å². The molecule has 0 aliphatic rings. The van der Waals surface area contributed by atoms with Crippen molar-refractivity contribution in [2.45, 2.75) is 6.92 Å². The third kappa shape index (κ3) is 5.75. The zero-order valence-electron chi connectivity index (χ0n) is 31.9. The molecule has 9 aromatic carbocycles. The molecule has 0 N–H and O–H groups in total. The van der Waals surface area contributed by atoms with E-state index in [0.717, 1.165) is 77.5 Å². The fourth-order valence-electron chi connectivity index (χ4n) is 8.55. The number of hydrogen-bond donors (Lipinski definition) is 0. The van der Waals surface area contributed by atoms with Crippen LogP contribution >= 0.6 is 0 Å². The molecule has 0 fully saturated rings. The van der Waals surface area contributed by atoms with Crippen LogP contribution in [0.15, 0.2) is 205 Å².